The molecule has 2 aliphatic rings. The first-order chi connectivity index (χ1) is 14.2. The van der Waals surface area contributed by atoms with E-state index in [4.69, 9.17) is 14.5 Å². The Morgan fingerprint density at radius 3 is 2.83 bits per heavy atom. The summed E-state index contributed by atoms with van der Waals surface area (Å²) in [5.74, 6) is 1.66. The van der Waals surface area contributed by atoms with Gasteiger partial charge in [-0.3, -0.25) is 14.1 Å². The van der Waals surface area contributed by atoms with E-state index in [-0.39, 0.29) is 11.6 Å². The van der Waals surface area contributed by atoms with Gasteiger partial charge in [0.05, 0.1) is 18.9 Å². The fourth-order valence-corrected chi connectivity index (χ4v) is 4.53. The number of hydrogen-bond acceptors (Lipinski definition) is 5. The first-order valence-electron chi connectivity index (χ1n) is 9.99. The van der Waals surface area contributed by atoms with E-state index in [0.717, 1.165) is 47.5 Å². The lowest BCUT2D eigenvalue weighted by molar-refractivity contribution is 0.244. The highest BCUT2D eigenvalue weighted by Crippen LogP contribution is 2.38. The molecule has 1 aromatic carbocycles. The summed E-state index contributed by atoms with van der Waals surface area (Å²) in [5.41, 5.74) is 2.64. The Balaban J connectivity index is 1.42. The van der Waals surface area contributed by atoms with Gasteiger partial charge in [0.2, 0.25) is 0 Å². The molecule has 5 rings (SSSR count). The Hall–Kier alpha value is -2.38. The Morgan fingerprint density at radius 2 is 1.93 bits per heavy atom. The zero-order valence-electron chi connectivity index (χ0n) is 16.0. The lowest BCUT2D eigenvalue weighted by atomic mass is 10.0. The Morgan fingerprint density at radius 1 is 1.07 bits per heavy atom. The standard InChI is InChI=1S/C22H22BrN3O3/c23-16-5-7-21-24-17(12-22(27)26(21)13-16)14-25-8-1-3-18(25)15-4-6-19-20(11-15)29-10-2-9-28-19/h4-7,11-13,18H,1-3,8-10,14H2/t18-/m0/s1. The van der Waals surface area contributed by atoms with E-state index in [1.807, 2.05) is 18.2 Å². The van der Waals surface area contributed by atoms with Crippen LogP contribution in [-0.2, 0) is 6.54 Å². The maximum absolute atomic E-state index is 12.5. The lowest BCUT2D eigenvalue weighted by Crippen LogP contribution is -2.25. The zero-order chi connectivity index (χ0) is 19.8. The summed E-state index contributed by atoms with van der Waals surface area (Å²) in [6, 6.07) is 12.0. The van der Waals surface area contributed by atoms with Crippen molar-refractivity contribution in [2.45, 2.75) is 31.8 Å². The zero-order valence-corrected chi connectivity index (χ0v) is 17.6. The molecule has 0 unspecified atom stereocenters. The molecule has 0 amide bonds. The van der Waals surface area contributed by atoms with Gasteiger partial charge in [-0.2, -0.15) is 0 Å². The van der Waals surface area contributed by atoms with Crippen LogP contribution in [0.15, 0.2) is 51.9 Å². The van der Waals surface area contributed by atoms with Gasteiger partial charge in [0, 0.05) is 35.7 Å². The van der Waals surface area contributed by atoms with Crippen LogP contribution in [0, 0.1) is 0 Å². The van der Waals surface area contributed by atoms with Crippen molar-refractivity contribution in [3.8, 4) is 11.5 Å². The van der Waals surface area contributed by atoms with Gasteiger partial charge >= 0.3 is 0 Å². The molecule has 1 fully saturated rings. The van der Waals surface area contributed by atoms with E-state index in [2.05, 4.69) is 33.0 Å². The van der Waals surface area contributed by atoms with E-state index >= 15 is 0 Å². The number of ether oxygens (including phenoxy) is 2. The lowest BCUT2D eigenvalue weighted by Gasteiger charge is -2.25. The smallest absolute Gasteiger partial charge is 0.258 e. The largest absolute Gasteiger partial charge is 0.490 e. The number of nitrogens with zero attached hydrogens (tertiary/aromatic N) is 3. The van der Waals surface area contributed by atoms with Crippen LogP contribution < -0.4 is 15.0 Å². The molecule has 2 aromatic heterocycles. The summed E-state index contributed by atoms with van der Waals surface area (Å²) in [5, 5.41) is 0. The van der Waals surface area contributed by atoms with Gasteiger partial charge in [-0.15, -0.1) is 0 Å². The van der Waals surface area contributed by atoms with Crippen molar-refractivity contribution in [2.75, 3.05) is 19.8 Å². The number of fused-ring (bicyclic) bond motifs is 2. The molecule has 1 atom stereocenters. The van der Waals surface area contributed by atoms with E-state index in [1.54, 1.807) is 16.7 Å². The summed E-state index contributed by atoms with van der Waals surface area (Å²) in [7, 11) is 0. The molecular weight excluding hydrogens is 434 g/mol. The topological polar surface area (TPSA) is 56.1 Å². The third kappa shape index (κ3) is 3.76. The molecule has 6 nitrogen and oxygen atoms in total. The highest BCUT2D eigenvalue weighted by atomic mass is 79.9. The minimum absolute atomic E-state index is 0.0578. The molecule has 0 bridgehead atoms. The second kappa shape index (κ2) is 7.80. The van der Waals surface area contributed by atoms with Gasteiger partial charge in [-0.1, -0.05) is 6.07 Å². The van der Waals surface area contributed by atoms with E-state index in [1.165, 1.54) is 5.56 Å². The van der Waals surface area contributed by atoms with Crippen LogP contribution in [0.2, 0.25) is 0 Å². The summed E-state index contributed by atoms with van der Waals surface area (Å²) in [4.78, 5) is 19.6. The van der Waals surface area contributed by atoms with Gasteiger partial charge in [0.25, 0.3) is 5.56 Å². The molecule has 1 saturated heterocycles. The van der Waals surface area contributed by atoms with Crippen molar-refractivity contribution in [1.29, 1.82) is 0 Å². The van der Waals surface area contributed by atoms with Crippen LogP contribution in [0.1, 0.15) is 36.6 Å². The fraction of sp³-hybridized carbons (Fsp3) is 0.364. The van der Waals surface area contributed by atoms with Crippen LogP contribution in [0.3, 0.4) is 0 Å². The van der Waals surface area contributed by atoms with Crippen LogP contribution in [-0.4, -0.2) is 34.0 Å². The molecule has 0 saturated carbocycles. The molecule has 0 radical (unpaired) electrons. The van der Waals surface area contributed by atoms with Crippen molar-refractivity contribution in [1.82, 2.24) is 14.3 Å². The second-order valence-electron chi connectivity index (χ2n) is 7.55. The van der Waals surface area contributed by atoms with Crippen LogP contribution in [0.25, 0.3) is 5.65 Å². The first kappa shape index (κ1) is 18.6. The van der Waals surface area contributed by atoms with Crippen molar-refractivity contribution >= 4 is 21.6 Å². The second-order valence-corrected chi connectivity index (χ2v) is 8.46. The normalized spacial score (nSPS) is 19.4. The molecule has 0 N–H and O–H groups in total. The minimum Gasteiger partial charge on any atom is -0.490 e. The van der Waals surface area contributed by atoms with Crippen molar-refractivity contribution in [3.63, 3.8) is 0 Å². The predicted molar refractivity (Wildman–Crippen MR) is 114 cm³/mol. The Bertz CT molecular complexity index is 1110. The molecule has 150 valence electrons. The molecule has 29 heavy (non-hydrogen) atoms. The molecule has 7 heteroatoms. The SMILES string of the molecule is O=c1cc(CN2CCC[C@H]2c2ccc3c(c2)OCCCO3)nc2ccc(Br)cn12. The highest BCUT2D eigenvalue weighted by molar-refractivity contribution is 9.10. The fourth-order valence-electron chi connectivity index (χ4n) is 4.20. The van der Waals surface area contributed by atoms with Crippen molar-refractivity contribution in [2.24, 2.45) is 0 Å². The number of halogens is 1. The van der Waals surface area contributed by atoms with Crippen molar-refractivity contribution < 1.29 is 9.47 Å². The summed E-state index contributed by atoms with van der Waals surface area (Å²) >= 11 is 3.41. The van der Waals surface area contributed by atoms with E-state index in [9.17, 15) is 4.79 Å². The summed E-state index contributed by atoms with van der Waals surface area (Å²) in [6.45, 7) is 3.02. The number of rotatable bonds is 3. The quantitative estimate of drug-likeness (QED) is 0.598. The van der Waals surface area contributed by atoms with Crippen molar-refractivity contribution in [3.05, 3.63) is 68.7 Å². The first-order valence-corrected chi connectivity index (χ1v) is 10.8. The van der Waals surface area contributed by atoms with Gasteiger partial charge in [0.15, 0.2) is 11.5 Å². The minimum atomic E-state index is -0.0578. The molecule has 0 aliphatic carbocycles. The molecule has 4 heterocycles. The maximum Gasteiger partial charge on any atom is 0.258 e. The molecule has 0 spiro atoms. The molecule has 2 aliphatic heterocycles. The van der Waals surface area contributed by atoms with E-state index in [0.29, 0.717) is 25.4 Å². The van der Waals surface area contributed by atoms with Crippen LogP contribution in [0.4, 0.5) is 0 Å². The van der Waals surface area contributed by atoms with Gasteiger partial charge in [-0.05, 0) is 65.1 Å². The highest BCUT2D eigenvalue weighted by Gasteiger charge is 2.27. The number of hydrogen-bond donors (Lipinski definition) is 0. The summed E-state index contributed by atoms with van der Waals surface area (Å²) < 4.78 is 14.1. The number of aromatic nitrogens is 2. The third-order valence-electron chi connectivity index (χ3n) is 5.56. The van der Waals surface area contributed by atoms with Gasteiger partial charge in [0.1, 0.15) is 5.65 Å². The van der Waals surface area contributed by atoms with Crippen LogP contribution in [0.5, 0.6) is 11.5 Å². The maximum atomic E-state index is 12.5. The number of benzene rings is 1. The molecule has 3 aromatic rings. The average molecular weight is 456 g/mol. The summed E-state index contributed by atoms with van der Waals surface area (Å²) in [6.07, 6.45) is 4.86. The predicted octanol–water partition coefficient (Wildman–Crippen LogP) is 3.96. The van der Waals surface area contributed by atoms with Crippen LogP contribution >= 0.6 is 15.9 Å². The van der Waals surface area contributed by atoms with Gasteiger partial charge < -0.3 is 9.47 Å². The Kier molecular flexibility index (Phi) is 5.01. The average Bonchev–Trinajstić information content (AvgIpc) is 3.04. The number of likely N-dealkylation sites (tertiary alicyclic amines) is 1. The van der Waals surface area contributed by atoms with Gasteiger partial charge in [-0.25, -0.2) is 4.98 Å². The van der Waals surface area contributed by atoms with E-state index < -0.39 is 0 Å². The monoisotopic (exact) mass is 455 g/mol. The molecular formula is C22H22BrN3O3. The number of pyridine rings is 1. The Labute approximate surface area is 177 Å². The third-order valence-corrected chi connectivity index (χ3v) is 6.03.